The Hall–Kier alpha value is -2.86. The summed E-state index contributed by atoms with van der Waals surface area (Å²) in [6.07, 6.45) is 4.17. The van der Waals surface area contributed by atoms with Crippen molar-refractivity contribution in [1.82, 2.24) is 5.32 Å². The highest BCUT2D eigenvalue weighted by Crippen LogP contribution is 2.29. The fourth-order valence-electron chi connectivity index (χ4n) is 2.24. The van der Waals surface area contributed by atoms with Gasteiger partial charge in [-0.3, -0.25) is 14.9 Å². The number of furan rings is 1. The number of benzene rings is 1. The maximum atomic E-state index is 12.6. The number of amides is 4. The van der Waals surface area contributed by atoms with Gasteiger partial charge in [0.25, 0.3) is 11.8 Å². The van der Waals surface area contributed by atoms with Gasteiger partial charge in [0.15, 0.2) is 0 Å². The van der Waals surface area contributed by atoms with Crippen LogP contribution in [0.25, 0.3) is 6.08 Å². The number of hydrogen-bond donors (Lipinski definition) is 1. The SMILES string of the molecule is Cc1c(Cl)cccc1N1C(=O)NC(=O)/C(=C\c2ccoc2)C1=O. The number of carbonyl (C=O) groups excluding carboxylic acids is 3. The number of anilines is 1. The standard InChI is InChI=1S/C16H11ClN2O4/c1-9-12(17)3-2-4-13(9)19-15(21)11(14(20)18-16(19)22)7-10-5-6-23-8-10/h2-8H,1H3,(H,18,20,22)/b11-7+. The van der Waals surface area contributed by atoms with E-state index >= 15 is 0 Å². The lowest BCUT2D eigenvalue weighted by Gasteiger charge is -2.27. The lowest BCUT2D eigenvalue weighted by Crippen LogP contribution is -2.54. The number of nitrogens with one attached hydrogen (secondary N) is 1. The molecule has 1 N–H and O–H groups in total. The Labute approximate surface area is 136 Å². The molecule has 3 rings (SSSR count). The first kappa shape index (κ1) is 15.1. The van der Waals surface area contributed by atoms with Gasteiger partial charge in [0.1, 0.15) is 5.57 Å². The summed E-state index contributed by atoms with van der Waals surface area (Å²) in [6, 6.07) is 5.65. The molecule has 0 spiro atoms. The summed E-state index contributed by atoms with van der Waals surface area (Å²) < 4.78 is 4.91. The molecular formula is C16H11ClN2O4. The minimum Gasteiger partial charge on any atom is -0.472 e. The van der Waals surface area contributed by atoms with Crippen molar-refractivity contribution in [1.29, 1.82) is 0 Å². The molecule has 2 heterocycles. The van der Waals surface area contributed by atoms with Gasteiger partial charge in [-0.1, -0.05) is 17.7 Å². The Bertz CT molecular complexity index is 840. The van der Waals surface area contributed by atoms with Crippen LogP contribution in [-0.4, -0.2) is 17.8 Å². The summed E-state index contributed by atoms with van der Waals surface area (Å²) in [4.78, 5) is 37.6. The lowest BCUT2D eigenvalue weighted by atomic mass is 10.1. The first-order chi connectivity index (χ1) is 11.0. The van der Waals surface area contributed by atoms with Gasteiger partial charge in [-0.15, -0.1) is 0 Å². The van der Waals surface area contributed by atoms with Gasteiger partial charge in [-0.05, 0) is 36.8 Å². The van der Waals surface area contributed by atoms with Gasteiger partial charge in [0.2, 0.25) is 0 Å². The van der Waals surface area contributed by atoms with E-state index < -0.39 is 17.8 Å². The second-order valence-electron chi connectivity index (χ2n) is 4.90. The van der Waals surface area contributed by atoms with Crippen molar-refractivity contribution in [2.45, 2.75) is 6.92 Å². The molecule has 0 bridgehead atoms. The Morgan fingerprint density at radius 2 is 2.00 bits per heavy atom. The van der Waals surface area contributed by atoms with Crippen molar-refractivity contribution in [3.63, 3.8) is 0 Å². The predicted octanol–water partition coefficient (Wildman–Crippen LogP) is 2.91. The van der Waals surface area contributed by atoms with E-state index in [4.69, 9.17) is 16.0 Å². The fourth-order valence-corrected chi connectivity index (χ4v) is 2.41. The van der Waals surface area contributed by atoms with Crippen molar-refractivity contribution in [3.8, 4) is 0 Å². The van der Waals surface area contributed by atoms with Crippen molar-refractivity contribution in [2.24, 2.45) is 0 Å². The highest BCUT2D eigenvalue weighted by molar-refractivity contribution is 6.39. The van der Waals surface area contributed by atoms with Crippen LogP contribution in [0.3, 0.4) is 0 Å². The Morgan fingerprint density at radius 1 is 1.22 bits per heavy atom. The van der Waals surface area contributed by atoms with E-state index in [1.807, 2.05) is 0 Å². The van der Waals surface area contributed by atoms with Crippen LogP contribution in [0, 0.1) is 6.92 Å². The van der Waals surface area contributed by atoms with Crippen LogP contribution in [0.4, 0.5) is 10.5 Å². The first-order valence-electron chi connectivity index (χ1n) is 6.68. The number of nitrogens with zero attached hydrogens (tertiary/aromatic N) is 1. The smallest absolute Gasteiger partial charge is 0.335 e. The zero-order chi connectivity index (χ0) is 16.6. The Morgan fingerprint density at radius 3 is 2.70 bits per heavy atom. The summed E-state index contributed by atoms with van der Waals surface area (Å²) in [5.41, 5.74) is 1.27. The molecule has 7 heteroatoms. The van der Waals surface area contributed by atoms with E-state index in [9.17, 15) is 14.4 Å². The van der Waals surface area contributed by atoms with Crippen LogP contribution < -0.4 is 10.2 Å². The van der Waals surface area contributed by atoms with Crippen LogP contribution in [0.1, 0.15) is 11.1 Å². The molecule has 0 unspecified atom stereocenters. The number of urea groups is 1. The van der Waals surface area contributed by atoms with E-state index in [0.29, 0.717) is 21.8 Å². The molecule has 1 aromatic heterocycles. The largest absolute Gasteiger partial charge is 0.472 e. The number of rotatable bonds is 2. The second kappa shape index (κ2) is 5.73. The molecule has 0 radical (unpaired) electrons. The monoisotopic (exact) mass is 330 g/mol. The van der Waals surface area contributed by atoms with Gasteiger partial charge in [0, 0.05) is 10.6 Å². The second-order valence-corrected chi connectivity index (χ2v) is 5.31. The van der Waals surface area contributed by atoms with Crippen molar-refractivity contribution in [3.05, 3.63) is 58.5 Å². The maximum absolute atomic E-state index is 12.6. The van der Waals surface area contributed by atoms with Gasteiger partial charge >= 0.3 is 6.03 Å². The average Bonchev–Trinajstić information content (AvgIpc) is 3.01. The minimum absolute atomic E-state index is 0.162. The Balaban J connectivity index is 2.07. The summed E-state index contributed by atoms with van der Waals surface area (Å²) in [5.74, 6) is -1.47. The topological polar surface area (TPSA) is 79.6 Å². The van der Waals surface area contributed by atoms with Crippen molar-refractivity contribution < 1.29 is 18.8 Å². The molecule has 6 nitrogen and oxygen atoms in total. The van der Waals surface area contributed by atoms with E-state index in [-0.39, 0.29) is 5.57 Å². The van der Waals surface area contributed by atoms with Gasteiger partial charge in [-0.2, -0.15) is 0 Å². The average molecular weight is 331 g/mol. The molecule has 23 heavy (non-hydrogen) atoms. The number of carbonyl (C=O) groups is 3. The van der Waals surface area contributed by atoms with Crippen LogP contribution in [-0.2, 0) is 9.59 Å². The zero-order valence-corrected chi connectivity index (χ0v) is 12.8. The molecule has 1 saturated heterocycles. The molecule has 1 aliphatic heterocycles. The highest BCUT2D eigenvalue weighted by atomic mass is 35.5. The lowest BCUT2D eigenvalue weighted by molar-refractivity contribution is -0.122. The molecule has 0 atom stereocenters. The highest BCUT2D eigenvalue weighted by Gasteiger charge is 2.37. The van der Waals surface area contributed by atoms with Crippen LogP contribution in [0.2, 0.25) is 5.02 Å². The molecule has 2 aromatic rings. The number of barbiturate groups is 1. The number of imide groups is 2. The summed E-state index contributed by atoms with van der Waals surface area (Å²) in [6.45, 7) is 1.69. The minimum atomic E-state index is -0.810. The third kappa shape index (κ3) is 2.64. The molecule has 4 amide bonds. The van der Waals surface area contributed by atoms with E-state index in [1.165, 1.54) is 18.6 Å². The third-order valence-corrected chi connectivity index (χ3v) is 3.85. The van der Waals surface area contributed by atoms with Gasteiger partial charge < -0.3 is 4.42 Å². The maximum Gasteiger partial charge on any atom is 0.335 e. The molecular weight excluding hydrogens is 320 g/mol. The molecule has 0 saturated carbocycles. The molecule has 116 valence electrons. The van der Waals surface area contributed by atoms with Crippen molar-refractivity contribution in [2.75, 3.05) is 4.90 Å². The van der Waals surface area contributed by atoms with Gasteiger partial charge in [0.05, 0.1) is 18.2 Å². The fraction of sp³-hybridized carbons (Fsp3) is 0.0625. The number of hydrogen-bond acceptors (Lipinski definition) is 4. The Kier molecular flexibility index (Phi) is 3.75. The van der Waals surface area contributed by atoms with E-state index in [1.54, 1.807) is 31.2 Å². The van der Waals surface area contributed by atoms with Crippen LogP contribution in [0.5, 0.6) is 0 Å². The summed E-state index contributed by atoms with van der Waals surface area (Å²) in [7, 11) is 0. The van der Waals surface area contributed by atoms with E-state index in [2.05, 4.69) is 5.32 Å². The quantitative estimate of drug-likeness (QED) is 0.678. The predicted molar refractivity (Wildman–Crippen MR) is 83.9 cm³/mol. The van der Waals surface area contributed by atoms with E-state index in [0.717, 1.165) is 4.90 Å². The zero-order valence-electron chi connectivity index (χ0n) is 12.0. The number of halogens is 1. The van der Waals surface area contributed by atoms with Crippen LogP contribution in [0.15, 0.2) is 46.8 Å². The van der Waals surface area contributed by atoms with Gasteiger partial charge in [-0.25, -0.2) is 9.69 Å². The third-order valence-electron chi connectivity index (χ3n) is 3.44. The molecule has 1 fully saturated rings. The van der Waals surface area contributed by atoms with Crippen LogP contribution >= 0.6 is 11.6 Å². The normalized spacial score (nSPS) is 16.9. The summed E-state index contributed by atoms with van der Waals surface area (Å²) in [5, 5.41) is 2.57. The molecule has 1 aromatic carbocycles. The summed E-state index contributed by atoms with van der Waals surface area (Å²) >= 11 is 6.05. The molecule has 1 aliphatic rings. The first-order valence-corrected chi connectivity index (χ1v) is 7.05. The van der Waals surface area contributed by atoms with Crippen molar-refractivity contribution >= 4 is 41.2 Å². The molecule has 0 aliphatic carbocycles.